The molecule has 1 saturated carbocycles. The monoisotopic (exact) mass is 612 g/mol. The third-order valence-electron chi connectivity index (χ3n) is 8.72. The van der Waals surface area contributed by atoms with Crippen LogP contribution in [0, 0.1) is 5.92 Å². The van der Waals surface area contributed by atoms with Crippen LogP contribution in [0.15, 0.2) is 54.6 Å². The first-order valence-corrected chi connectivity index (χ1v) is 15.2. The average molecular weight is 613 g/mol. The molecule has 12 heteroatoms. The van der Waals surface area contributed by atoms with E-state index in [9.17, 15) is 19.2 Å². The third kappa shape index (κ3) is 6.04. The number of ether oxygens (including phenoxy) is 2. The van der Waals surface area contributed by atoms with Gasteiger partial charge in [0.1, 0.15) is 35.3 Å². The van der Waals surface area contributed by atoms with E-state index in [1.54, 1.807) is 12.1 Å². The number of amides is 4. The molecule has 3 aliphatic rings. The molecule has 4 amide bonds. The first-order valence-electron chi connectivity index (χ1n) is 15.2. The Morgan fingerprint density at radius 3 is 2.69 bits per heavy atom. The van der Waals surface area contributed by atoms with Gasteiger partial charge >= 0.3 is 6.03 Å². The minimum Gasteiger partial charge on any atom is -0.496 e. The Morgan fingerprint density at radius 1 is 1.11 bits per heavy atom. The van der Waals surface area contributed by atoms with E-state index in [1.807, 2.05) is 36.4 Å². The number of rotatable bonds is 6. The largest absolute Gasteiger partial charge is 0.496 e. The van der Waals surface area contributed by atoms with Crippen molar-refractivity contribution < 1.29 is 28.7 Å². The van der Waals surface area contributed by atoms with Crippen molar-refractivity contribution in [1.29, 1.82) is 0 Å². The molecule has 4 N–H and O–H groups in total. The molecule has 1 aromatic heterocycles. The number of hydrogen-bond acceptors (Lipinski definition) is 8. The number of carbonyl (C=O) groups is 4. The van der Waals surface area contributed by atoms with E-state index in [2.05, 4.69) is 21.7 Å². The van der Waals surface area contributed by atoms with E-state index in [0.29, 0.717) is 29.7 Å². The Balaban J connectivity index is 1.35. The number of urea groups is 1. The molecule has 45 heavy (non-hydrogen) atoms. The summed E-state index contributed by atoms with van der Waals surface area (Å²) in [7, 11) is 1.44. The maximum atomic E-state index is 13.7. The second-order valence-corrected chi connectivity index (χ2v) is 11.7. The summed E-state index contributed by atoms with van der Waals surface area (Å²) in [4.78, 5) is 62.5. The Hall–Kier alpha value is -5.00. The number of aldehydes is 1. The van der Waals surface area contributed by atoms with Crippen molar-refractivity contribution >= 4 is 35.0 Å². The van der Waals surface area contributed by atoms with E-state index in [4.69, 9.17) is 20.2 Å². The van der Waals surface area contributed by atoms with E-state index < -0.39 is 29.5 Å². The number of nitrogens with zero attached hydrogens (tertiary/aromatic N) is 3. The lowest BCUT2D eigenvalue weighted by Gasteiger charge is -2.25. The van der Waals surface area contributed by atoms with Gasteiger partial charge in [0.15, 0.2) is 5.82 Å². The van der Waals surface area contributed by atoms with Crippen LogP contribution in [0.3, 0.4) is 0 Å². The number of methoxy groups -OCH3 is 1. The molecule has 0 radical (unpaired) electrons. The van der Waals surface area contributed by atoms with Crippen LogP contribution in [0.1, 0.15) is 48.9 Å². The Kier molecular flexibility index (Phi) is 8.38. The van der Waals surface area contributed by atoms with Crippen LogP contribution < -0.4 is 25.8 Å². The molecular weight excluding hydrogens is 576 g/mol. The number of primary amides is 1. The smallest absolute Gasteiger partial charge is 0.318 e. The van der Waals surface area contributed by atoms with Gasteiger partial charge in [0.25, 0.3) is 5.91 Å². The van der Waals surface area contributed by atoms with Gasteiger partial charge in [-0.25, -0.2) is 9.78 Å². The number of aromatic nitrogens is 2. The van der Waals surface area contributed by atoms with E-state index in [0.717, 1.165) is 32.0 Å². The zero-order valence-electron chi connectivity index (χ0n) is 25.0. The standard InChI is InChI=1S/C33H36N6O6/c1-44-25-14-13-23-27(26(25)28(34)41)36-29(20-10-6-5-7-11-20)37-31(23)45-22-16-24-30(42)38-33(19-40)17-21(33)12-8-3-2-4-9-15-35-32(43)39(24)18-22/h5-8,10-14,19,21-22,24H,2-4,9,15-18H2,1H3,(H2,34,41)(H,35,43)(H,38,42)/b12-8+. The van der Waals surface area contributed by atoms with Gasteiger partial charge in [-0.15, -0.1) is 0 Å². The highest BCUT2D eigenvalue weighted by Gasteiger charge is 2.55. The highest BCUT2D eigenvalue weighted by atomic mass is 16.5. The second kappa shape index (κ2) is 12.5. The summed E-state index contributed by atoms with van der Waals surface area (Å²) in [6.07, 6.45) is 8.56. The van der Waals surface area contributed by atoms with Crippen LogP contribution >= 0.6 is 0 Å². The van der Waals surface area contributed by atoms with Gasteiger partial charge in [-0.05, 0) is 37.8 Å². The summed E-state index contributed by atoms with van der Waals surface area (Å²) in [5.74, 6) is -0.464. The first-order chi connectivity index (χ1) is 21.8. The van der Waals surface area contributed by atoms with Crippen LogP contribution in [-0.2, 0) is 9.59 Å². The SMILES string of the molecule is COc1ccc2c(OC3CC4C(=O)NC5(C=O)CC5/C=C/CCCCCNC(=O)N4C3)nc(-c3ccccc3)nc2c1C(N)=O. The Bertz CT molecular complexity index is 1660. The van der Waals surface area contributed by atoms with Crippen LogP contribution in [0.5, 0.6) is 11.6 Å². The van der Waals surface area contributed by atoms with Crippen LogP contribution in [0.25, 0.3) is 22.3 Å². The van der Waals surface area contributed by atoms with Crippen molar-refractivity contribution in [1.82, 2.24) is 25.5 Å². The molecule has 0 bridgehead atoms. The number of allylic oxidation sites excluding steroid dienone is 1. The highest BCUT2D eigenvalue weighted by Crippen LogP contribution is 2.43. The maximum absolute atomic E-state index is 13.7. The van der Waals surface area contributed by atoms with Crippen molar-refractivity contribution in [2.24, 2.45) is 11.7 Å². The van der Waals surface area contributed by atoms with E-state index >= 15 is 0 Å². The Morgan fingerprint density at radius 2 is 1.93 bits per heavy atom. The minimum absolute atomic E-state index is 0.0694. The molecule has 2 aromatic carbocycles. The summed E-state index contributed by atoms with van der Waals surface area (Å²) < 4.78 is 11.9. The molecule has 2 aliphatic heterocycles. The van der Waals surface area contributed by atoms with Crippen molar-refractivity contribution in [2.45, 2.75) is 56.2 Å². The molecule has 6 rings (SSSR count). The molecule has 12 nitrogen and oxygen atoms in total. The lowest BCUT2D eigenvalue weighted by molar-refractivity contribution is -0.127. The number of nitrogens with one attached hydrogen (secondary N) is 2. The molecule has 1 aliphatic carbocycles. The molecule has 1 saturated heterocycles. The maximum Gasteiger partial charge on any atom is 0.318 e. The molecule has 2 fully saturated rings. The van der Waals surface area contributed by atoms with Gasteiger partial charge in [-0.2, -0.15) is 4.98 Å². The molecular formula is C33H36N6O6. The Labute approximate surface area is 260 Å². The summed E-state index contributed by atoms with van der Waals surface area (Å²) >= 11 is 0. The molecule has 0 spiro atoms. The molecule has 4 unspecified atom stereocenters. The molecule has 3 heterocycles. The zero-order chi connectivity index (χ0) is 31.6. The quantitative estimate of drug-likeness (QED) is 0.282. The number of benzene rings is 2. The fraction of sp³-hybridized carbons (Fsp3) is 0.394. The number of fused-ring (bicyclic) bond motifs is 3. The van der Waals surface area contributed by atoms with E-state index in [-0.39, 0.29) is 47.6 Å². The minimum atomic E-state index is -0.966. The number of hydrogen-bond donors (Lipinski definition) is 3. The lowest BCUT2D eigenvalue weighted by Crippen LogP contribution is -2.53. The summed E-state index contributed by atoms with van der Waals surface area (Å²) in [5.41, 5.74) is 5.83. The summed E-state index contributed by atoms with van der Waals surface area (Å²) in [5, 5.41) is 6.30. The summed E-state index contributed by atoms with van der Waals surface area (Å²) in [6, 6.07) is 11.3. The second-order valence-electron chi connectivity index (χ2n) is 11.7. The fourth-order valence-corrected chi connectivity index (χ4v) is 6.16. The van der Waals surface area contributed by atoms with Gasteiger partial charge in [-0.1, -0.05) is 48.9 Å². The lowest BCUT2D eigenvalue weighted by atomic mass is 10.1. The zero-order valence-corrected chi connectivity index (χ0v) is 25.0. The van der Waals surface area contributed by atoms with Crippen LogP contribution in [0.4, 0.5) is 4.79 Å². The fourth-order valence-electron chi connectivity index (χ4n) is 6.16. The summed E-state index contributed by atoms with van der Waals surface area (Å²) in [6.45, 7) is 0.584. The van der Waals surface area contributed by atoms with E-state index in [1.165, 1.54) is 12.0 Å². The predicted octanol–water partition coefficient (Wildman–Crippen LogP) is 3.14. The predicted molar refractivity (Wildman–Crippen MR) is 166 cm³/mol. The van der Waals surface area contributed by atoms with Crippen molar-refractivity contribution in [2.75, 3.05) is 20.2 Å². The molecule has 3 aromatic rings. The topological polar surface area (TPSA) is 166 Å². The van der Waals surface area contributed by atoms with Crippen LogP contribution in [-0.4, -0.2) is 76.9 Å². The van der Waals surface area contributed by atoms with Crippen LogP contribution in [0.2, 0.25) is 0 Å². The highest BCUT2D eigenvalue weighted by molar-refractivity contribution is 6.08. The van der Waals surface area contributed by atoms with Crippen molar-refractivity contribution in [3.63, 3.8) is 0 Å². The first kappa shape index (κ1) is 30.0. The average Bonchev–Trinajstić information content (AvgIpc) is 3.56. The van der Waals surface area contributed by atoms with Crippen molar-refractivity contribution in [3.8, 4) is 23.0 Å². The number of nitrogens with two attached hydrogens (primary N) is 1. The van der Waals surface area contributed by atoms with Crippen molar-refractivity contribution in [3.05, 3.63) is 60.2 Å². The van der Waals surface area contributed by atoms with Gasteiger partial charge < -0.3 is 35.5 Å². The van der Waals surface area contributed by atoms with Gasteiger partial charge in [0.2, 0.25) is 11.8 Å². The van der Waals surface area contributed by atoms with Gasteiger partial charge in [0.05, 0.1) is 24.6 Å². The van der Waals surface area contributed by atoms with Gasteiger partial charge in [0, 0.05) is 24.4 Å². The molecule has 234 valence electrons. The molecule has 4 atom stereocenters. The van der Waals surface area contributed by atoms with Gasteiger partial charge in [-0.3, -0.25) is 9.59 Å². The normalized spacial score (nSPS) is 25.9. The number of carbonyl (C=O) groups excluding carboxylic acids is 4. The third-order valence-corrected chi connectivity index (χ3v) is 8.72.